The molecule has 0 saturated heterocycles. The molecule has 4 heterocycles. The number of thiophene rings is 4. The summed E-state index contributed by atoms with van der Waals surface area (Å²) in [7, 11) is 5.62. The van der Waals surface area contributed by atoms with Crippen LogP contribution < -0.4 is 18.5 Å². The summed E-state index contributed by atoms with van der Waals surface area (Å²) in [5, 5.41) is 8.72. The van der Waals surface area contributed by atoms with Gasteiger partial charge in [-0.1, -0.05) is 24.3 Å². The fraction of sp³-hybridized carbons (Fsp3) is 0.0213. The Morgan fingerprint density at radius 1 is 0.194 bits per heavy atom. The van der Waals surface area contributed by atoms with Gasteiger partial charge in [0, 0.05) is 126 Å². The fourth-order valence-corrected chi connectivity index (χ4v) is 11.0. The topological polar surface area (TPSA) is 597 Å². The number of hydrogen-bond donors (Lipinski definition) is 0. The Balaban J connectivity index is -0.0000000118. The average Bonchev–Trinajstić information content (AvgIpc) is 4.61. The van der Waals surface area contributed by atoms with Crippen LogP contribution in [-0.4, -0.2) is 5.34 Å². The molecule has 0 atom stereocenters. The smallest absolute Gasteiger partial charge is 0.0587 e. The maximum atomic E-state index is 7.50. The van der Waals surface area contributed by atoms with Crippen LogP contribution in [0.5, 0.6) is 0 Å². The number of hydrogen-bond acceptors (Lipinski definition) is 4. The van der Waals surface area contributed by atoms with E-state index in [0.717, 1.165) is 0 Å². The van der Waals surface area contributed by atoms with Crippen molar-refractivity contribution in [2.45, 2.75) is 0 Å². The number of halogens is 2. The maximum Gasteiger partial charge on any atom is 0.0587 e. The van der Waals surface area contributed by atoms with Gasteiger partial charge in [-0.15, -0.1) is 68.5 Å². The summed E-state index contributed by atoms with van der Waals surface area (Å²) in [6, 6.07) is 17.2. The summed E-state index contributed by atoms with van der Waals surface area (Å²) < 4.78 is 231. The molecule has 0 bridgehead atoms. The van der Waals surface area contributed by atoms with Gasteiger partial charge in [-0.05, 0) is 77.3 Å². The van der Waals surface area contributed by atoms with Gasteiger partial charge in [-0.25, -0.2) is 0 Å². The molecule has 0 aliphatic heterocycles. The van der Waals surface area contributed by atoms with E-state index >= 15 is 0 Å². The van der Waals surface area contributed by atoms with Gasteiger partial charge in [0.15, 0.2) is 0 Å². The predicted molar refractivity (Wildman–Crippen MR) is 258 cm³/mol. The minimum absolute atomic E-state index is 0. The van der Waals surface area contributed by atoms with Crippen LogP contribution in [0.3, 0.4) is 0 Å². The average molecular weight is 2480 g/mol. The van der Waals surface area contributed by atoms with Crippen LogP contribution >= 0.6 is 100 Å². The Morgan fingerprint density at radius 3 is 0.301 bits per heavy atom. The van der Waals surface area contributed by atoms with E-state index in [1.54, 1.807) is 0 Å². The monoisotopic (exact) mass is 2480 g/mol. The quantitative estimate of drug-likeness (QED) is 0.0833. The summed E-state index contributed by atoms with van der Waals surface area (Å²) in [6.45, 7) is 135. The summed E-state index contributed by atoms with van der Waals surface area (Å²) in [4.78, 5) is 0. The van der Waals surface area contributed by atoms with E-state index in [1.165, 1.54) is 49.9 Å². The van der Waals surface area contributed by atoms with Crippen LogP contribution in [0.15, 0.2) is 70.1 Å². The van der Waals surface area contributed by atoms with Crippen molar-refractivity contribution >= 4 is 118 Å². The molecule has 0 radical (unpaired) electrons. The Morgan fingerprint density at radius 2 is 0.258 bits per heavy atom. The van der Waals surface area contributed by atoms with E-state index in [1.807, 2.05) is 45.3 Å². The molecule has 0 aliphatic rings. The molecule has 0 aliphatic carbocycles. The van der Waals surface area contributed by atoms with Gasteiger partial charge >= 0.3 is 339 Å². The van der Waals surface area contributed by atoms with Crippen LogP contribution in [0.4, 0.5) is 0 Å². The number of alkyl halides is 2. The third kappa shape index (κ3) is 551. The van der Waals surface area contributed by atoms with Crippen LogP contribution in [0.1, 0.15) is 0 Å². The van der Waals surface area contributed by atoms with Crippen molar-refractivity contribution in [2.24, 2.45) is 0 Å². The second kappa shape index (κ2) is 768. The zero-order valence-electron chi connectivity index (χ0n) is 43.5. The zero-order valence-corrected chi connectivity index (χ0v) is 69.5. The first kappa shape index (κ1) is 236. The third-order valence-electron chi connectivity index (χ3n) is 2.52. The fourth-order valence-electron chi connectivity index (χ4n) is 1.50. The van der Waals surface area contributed by atoms with Crippen molar-refractivity contribution in [3.63, 3.8) is 0 Å². The van der Waals surface area contributed by atoms with Gasteiger partial charge in [0.1, 0.15) is 0 Å². The number of rotatable bonds is 4. The molecule has 0 N–H and O–H groups in total. The van der Waals surface area contributed by atoms with Crippen LogP contribution in [0.2, 0.25) is 0 Å². The van der Waals surface area contributed by atoms with Gasteiger partial charge in [-0.2, -0.15) is 0 Å². The maximum absolute atomic E-state index is 7.50. The molecule has 0 aromatic carbocycles. The Hall–Kier alpha value is -3.09. The van der Waals surface area contributed by atoms with Crippen molar-refractivity contribution in [2.75, 3.05) is 5.34 Å². The molecule has 4 aromatic heterocycles. The molecule has 476 valence electrons. The summed E-state index contributed by atoms with van der Waals surface area (Å²) in [5.74, 6) is 0. The van der Waals surface area contributed by atoms with Crippen molar-refractivity contribution < 1.29 is 266 Å². The summed E-state index contributed by atoms with van der Waals surface area (Å²) in [6.07, 6.45) is 0. The Labute approximate surface area is 652 Å². The van der Waals surface area contributed by atoms with Crippen molar-refractivity contribution in [1.29, 1.82) is 0 Å². The summed E-state index contributed by atoms with van der Waals surface area (Å²) in [5.41, 5.74) is 0. The van der Waals surface area contributed by atoms with Gasteiger partial charge in [0.25, 0.3) is 0 Å². The molecular weight excluding hydrogens is 2470 g/mol. The molecule has 46 heteroatoms. The Kier molecular flexibility index (Phi) is 1950. The minimum Gasteiger partial charge on any atom is -0.139 e. The standard InChI is InChI=1S/2C8H6P2S2.CH2Cl2.30CO.6W/c2*1-3-7(11-5-1)9-10-8-4-2-6-12-8;2-1-3;30*1-2;;;;;;/h2*1-6H;1H2;;;;;;;;;;;;;;;;;;;;;;;;;;;;;;;;;;;;. The molecule has 30 nitrogen and oxygen atoms in total. The first-order valence-corrected chi connectivity index (χ1v) is 23.1. The largest absolute Gasteiger partial charge is 0.139 e. The minimum atomic E-state index is 0. The second-order valence-electron chi connectivity index (χ2n) is 4.31. The van der Waals surface area contributed by atoms with Gasteiger partial charge in [0.2, 0.25) is 0 Å². The van der Waals surface area contributed by atoms with Crippen LogP contribution in [0.25, 0.3) is 0 Å². The van der Waals surface area contributed by atoms with Crippen LogP contribution in [0, 0.1) is 200 Å². The van der Waals surface area contributed by atoms with E-state index in [2.05, 4.69) is 270 Å². The molecule has 0 saturated carbocycles. The first-order valence-electron chi connectivity index (χ1n) is 13.5. The van der Waals surface area contributed by atoms with Gasteiger partial charge in [0.05, 0.1) is 23.8 Å². The van der Waals surface area contributed by atoms with Gasteiger partial charge < -0.3 is 0 Å². The predicted octanol–water partition coefficient (Wildman–Crippen LogP) is 7.42. The zero-order chi connectivity index (χ0) is 79.2. The molecule has 0 fully saturated rings. The van der Waals surface area contributed by atoms with Crippen molar-refractivity contribution in [3.8, 4) is 0 Å². The normalized spacial score (nSPS) is 3.68. The van der Waals surface area contributed by atoms with Crippen molar-refractivity contribution in [1.82, 2.24) is 0 Å². The van der Waals surface area contributed by atoms with Crippen LogP contribution in [-0.2, 0) is 266 Å². The van der Waals surface area contributed by atoms with E-state index < -0.39 is 0 Å². The molecule has 93 heavy (non-hydrogen) atoms. The molecule has 0 amide bonds. The molecule has 0 unspecified atom stereocenters. The van der Waals surface area contributed by atoms with Crippen molar-refractivity contribution in [3.05, 3.63) is 270 Å². The molecule has 0 spiro atoms. The molecule has 4 aromatic rings. The third-order valence-corrected chi connectivity index (χ3v) is 14.0. The first-order chi connectivity index (χ1) is 43.3. The molecular formula is C47H14Cl2O30P4S4W6. The van der Waals surface area contributed by atoms with Gasteiger partial charge in [-0.3, -0.25) is 0 Å². The van der Waals surface area contributed by atoms with E-state index in [-0.39, 0.29) is 132 Å². The van der Waals surface area contributed by atoms with E-state index in [0.29, 0.717) is 0 Å². The SMILES string of the molecule is ClCCl.[C-]#[O+].[C-]#[O+].[C-]#[O+].[C-]#[O+].[C-]#[O+].[C-]#[O+].[C-]#[O+].[C-]#[O+].[C-]#[O+].[C-]#[O+].[C-]#[O+].[C-]#[O+].[C-]#[O+].[C-]#[O+].[C-]#[O+].[C-]#[O+].[C-]#[O+].[C-]#[O+].[C-]#[O+].[C-]#[O+].[C-]#[O+].[C-]#[O+].[C-]#[O+].[C-]#[O+].[C-]#[O+].[C-]#[O+].[C-]#[O+].[C-]#[O+].[C-]#[O+].[C-]#[O+].[W].[W].[W].[W].[W].[W].c1csc(P=Pc2cccs2)c1.c1csc(P=Pc2cccs2)c1. The Bertz CT molecular complexity index is 1760. The summed E-state index contributed by atoms with van der Waals surface area (Å²) >= 11 is 16.8. The second-order valence-corrected chi connectivity index (χ2v) is 15.2. The molecule has 4 rings (SSSR count). The van der Waals surface area contributed by atoms with E-state index in [4.69, 9.17) is 163 Å². The van der Waals surface area contributed by atoms with E-state index in [9.17, 15) is 0 Å².